The minimum absolute atomic E-state index is 0.308. The van der Waals surface area contributed by atoms with E-state index in [2.05, 4.69) is 0 Å². The molecule has 1 aromatic rings. The Morgan fingerprint density at radius 3 is 1.50 bits per heavy atom. The molecule has 1 aromatic carbocycles. The largest absolute Gasteiger partial charge is 0.462 e. The lowest BCUT2D eigenvalue weighted by atomic mass is 10.1. The van der Waals surface area contributed by atoms with Crippen LogP contribution < -0.4 is 0 Å². The Morgan fingerprint density at radius 2 is 1.15 bits per heavy atom. The highest BCUT2D eigenvalue weighted by molar-refractivity contribution is 5.95. The second-order valence-corrected chi connectivity index (χ2v) is 5.59. The van der Waals surface area contributed by atoms with E-state index in [1.54, 1.807) is 32.0 Å². The fourth-order valence-corrected chi connectivity index (χ4v) is 2.13. The van der Waals surface area contributed by atoms with E-state index in [0.29, 0.717) is 37.6 Å². The summed E-state index contributed by atoms with van der Waals surface area (Å²) in [4.78, 5) is 22.8. The van der Waals surface area contributed by atoms with Gasteiger partial charge in [-0.25, -0.2) is 9.59 Å². The minimum Gasteiger partial charge on any atom is -0.462 e. The van der Waals surface area contributed by atoms with Gasteiger partial charge in [-0.05, 0) is 44.9 Å². The molecule has 0 amide bonds. The molecule has 0 saturated heterocycles. The molecule has 0 spiro atoms. The molecule has 6 nitrogen and oxygen atoms in total. The summed E-state index contributed by atoms with van der Waals surface area (Å²) < 4.78 is 9.66. The van der Waals surface area contributed by atoms with E-state index >= 15 is 0 Å². The summed E-state index contributed by atoms with van der Waals surface area (Å²) in [6.45, 7) is 4.71. The van der Waals surface area contributed by atoms with Gasteiger partial charge >= 0.3 is 11.9 Å². The zero-order valence-corrected chi connectivity index (χ0v) is 15.9. The number of carbonyl (C=O) groups excluding carboxylic acids is 2. The molecule has 1 rings (SSSR count). The molecule has 0 aliphatic heterocycles. The average Bonchev–Trinajstić information content (AvgIpc) is 2.66. The van der Waals surface area contributed by atoms with Gasteiger partial charge in [0, 0.05) is 13.2 Å². The molecule has 0 unspecified atom stereocenters. The summed E-state index contributed by atoms with van der Waals surface area (Å²) in [5, 5.41) is 16.9. The first-order valence-corrected chi connectivity index (χ1v) is 9.26. The highest BCUT2D eigenvalue weighted by atomic mass is 16.5. The molecule has 2 N–H and O–H groups in total. The SMILES string of the molecule is CCOC(=O)c1cccc(C(=O)OCC)c1.OCCCCCCCCO. The zero-order valence-electron chi connectivity index (χ0n) is 15.9. The van der Waals surface area contributed by atoms with Crippen LogP contribution in [-0.4, -0.2) is 48.6 Å². The highest BCUT2D eigenvalue weighted by Crippen LogP contribution is 2.08. The van der Waals surface area contributed by atoms with Crippen molar-refractivity contribution in [3.63, 3.8) is 0 Å². The summed E-state index contributed by atoms with van der Waals surface area (Å²) in [6.07, 6.45) is 6.50. The number of aliphatic hydroxyl groups is 2. The van der Waals surface area contributed by atoms with E-state index in [9.17, 15) is 9.59 Å². The highest BCUT2D eigenvalue weighted by Gasteiger charge is 2.11. The van der Waals surface area contributed by atoms with E-state index in [1.165, 1.54) is 18.9 Å². The summed E-state index contributed by atoms with van der Waals surface area (Å²) in [5.74, 6) is -0.873. The molecule has 0 atom stereocenters. The lowest BCUT2D eigenvalue weighted by molar-refractivity contribution is 0.0525. The zero-order chi connectivity index (χ0) is 19.6. The number of hydrogen-bond donors (Lipinski definition) is 2. The molecular formula is C20H32O6. The third-order valence-corrected chi connectivity index (χ3v) is 3.45. The molecule has 0 fully saturated rings. The van der Waals surface area contributed by atoms with E-state index in [-0.39, 0.29) is 0 Å². The average molecular weight is 368 g/mol. The van der Waals surface area contributed by atoms with Gasteiger partial charge in [0.1, 0.15) is 0 Å². The Morgan fingerprint density at radius 1 is 0.769 bits per heavy atom. The molecule has 0 heterocycles. The van der Waals surface area contributed by atoms with Crippen LogP contribution in [0.25, 0.3) is 0 Å². The third-order valence-electron chi connectivity index (χ3n) is 3.45. The Labute approximate surface area is 156 Å². The standard InChI is InChI=1S/C12H14O4.C8H18O2/c1-3-15-11(13)9-6-5-7-10(8-9)12(14)16-4-2;9-7-5-3-1-2-4-6-8-10/h5-8H,3-4H2,1-2H3;9-10H,1-8H2. The maximum absolute atomic E-state index is 11.4. The molecule has 0 radical (unpaired) electrons. The summed E-state index contributed by atoms with van der Waals surface area (Å²) in [5.41, 5.74) is 0.708. The van der Waals surface area contributed by atoms with Crippen molar-refractivity contribution < 1.29 is 29.3 Å². The molecule has 0 aliphatic rings. The van der Waals surface area contributed by atoms with Gasteiger partial charge in [-0.3, -0.25) is 0 Å². The molecule has 0 aliphatic carbocycles. The minimum atomic E-state index is -0.436. The Balaban J connectivity index is 0.000000541. The van der Waals surface area contributed by atoms with Crippen molar-refractivity contribution in [3.05, 3.63) is 35.4 Å². The first-order chi connectivity index (χ1) is 12.6. The van der Waals surface area contributed by atoms with Crippen LogP contribution in [0.3, 0.4) is 0 Å². The summed E-state index contributed by atoms with van der Waals surface area (Å²) in [6, 6.07) is 6.29. The monoisotopic (exact) mass is 368 g/mol. The van der Waals surface area contributed by atoms with Gasteiger partial charge in [0.2, 0.25) is 0 Å². The van der Waals surface area contributed by atoms with Crippen molar-refractivity contribution >= 4 is 11.9 Å². The van der Waals surface area contributed by atoms with Gasteiger partial charge in [-0.1, -0.05) is 31.7 Å². The molecule has 0 saturated carbocycles. The normalized spacial score (nSPS) is 9.85. The molecule has 26 heavy (non-hydrogen) atoms. The fourth-order valence-electron chi connectivity index (χ4n) is 2.13. The van der Waals surface area contributed by atoms with E-state index < -0.39 is 11.9 Å². The van der Waals surface area contributed by atoms with E-state index in [4.69, 9.17) is 19.7 Å². The van der Waals surface area contributed by atoms with Crippen LogP contribution >= 0.6 is 0 Å². The molecule has 0 bridgehead atoms. The van der Waals surface area contributed by atoms with Crippen LogP contribution in [0.4, 0.5) is 0 Å². The number of rotatable bonds is 11. The number of benzene rings is 1. The first-order valence-electron chi connectivity index (χ1n) is 9.26. The van der Waals surface area contributed by atoms with Gasteiger partial charge in [0.25, 0.3) is 0 Å². The smallest absolute Gasteiger partial charge is 0.338 e. The fraction of sp³-hybridized carbons (Fsp3) is 0.600. The molecule has 0 aromatic heterocycles. The number of unbranched alkanes of at least 4 members (excludes halogenated alkanes) is 5. The lowest BCUT2D eigenvalue weighted by Gasteiger charge is -2.04. The maximum atomic E-state index is 11.4. The van der Waals surface area contributed by atoms with Crippen LogP contribution in [0.15, 0.2) is 24.3 Å². The second-order valence-electron chi connectivity index (χ2n) is 5.59. The van der Waals surface area contributed by atoms with E-state index in [0.717, 1.165) is 25.7 Å². The van der Waals surface area contributed by atoms with Gasteiger partial charge in [0.15, 0.2) is 0 Å². The first kappa shape index (κ1) is 24.1. The molecule has 148 valence electrons. The molecule has 6 heteroatoms. The van der Waals surface area contributed by atoms with Crippen molar-refractivity contribution in [1.82, 2.24) is 0 Å². The number of carbonyl (C=O) groups is 2. The second kappa shape index (κ2) is 16.5. The Bertz CT molecular complexity index is 460. The van der Waals surface area contributed by atoms with Crippen LogP contribution in [-0.2, 0) is 9.47 Å². The topological polar surface area (TPSA) is 93.1 Å². The van der Waals surface area contributed by atoms with Crippen LogP contribution in [0, 0.1) is 0 Å². The van der Waals surface area contributed by atoms with Crippen LogP contribution in [0.5, 0.6) is 0 Å². The van der Waals surface area contributed by atoms with Crippen molar-refractivity contribution in [2.75, 3.05) is 26.4 Å². The van der Waals surface area contributed by atoms with Crippen LogP contribution in [0.2, 0.25) is 0 Å². The van der Waals surface area contributed by atoms with Gasteiger partial charge in [-0.15, -0.1) is 0 Å². The predicted molar refractivity (Wildman–Crippen MR) is 100 cm³/mol. The predicted octanol–water partition coefficient (Wildman–Crippen LogP) is 3.35. The van der Waals surface area contributed by atoms with Crippen molar-refractivity contribution in [1.29, 1.82) is 0 Å². The van der Waals surface area contributed by atoms with Crippen molar-refractivity contribution in [2.24, 2.45) is 0 Å². The van der Waals surface area contributed by atoms with Gasteiger partial charge in [-0.2, -0.15) is 0 Å². The quantitative estimate of drug-likeness (QED) is 0.460. The number of hydrogen-bond acceptors (Lipinski definition) is 6. The van der Waals surface area contributed by atoms with Crippen LogP contribution in [0.1, 0.15) is 73.1 Å². The third kappa shape index (κ3) is 11.6. The van der Waals surface area contributed by atoms with Gasteiger partial charge in [0.05, 0.1) is 24.3 Å². The number of esters is 2. The Hall–Kier alpha value is -1.92. The Kier molecular flexibility index (Phi) is 15.3. The lowest BCUT2D eigenvalue weighted by Crippen LogP contribution is -2.08. The molecular weight excluding hydrogens is 336 g/mol. The van der Waals surface area contributed by atoms with Gasteiger partial charge < -0.3 is 19.7 Å². The van der Waals surface area contributed by atoms with Crippen molar-refractivity contribution in [3.8, 4) is 0 Å². The number of ether oxygens (including phenoxy) is 2. The summed E-state index contributed by atoms with van der Waals surface area (Å²) in [7, 11) is 0. The van der Waals surface area contributed by atoms with E-state index in [1.807, 2.05) is 0 Å². The van der Waals surface area contributed by atoms with Crippen molar-refractivity contribution in [2.45, 2.75) is 52.4 Å². The number of aliphatic hydroxyl groups excluding tert-OH is 2. The maximum Gasteiger partial charge on any atom is 0.338 e. The summed E-state index contributed by atoms with van der Waals surface area (Å²) >= 11 is 0.